The Kier molecular flexibility index (Phi) is 9.87. The largest absolute Gasteiger partial charge is 0.573 e. The van der Waals surface area contributed by atoms with E-state index in [2.05, 4.69) is 32.1 Å². The molecule has 1 aliphatic heterocycles. The van der Waals surface area contributed by atoms with Crippen LogP contribution in [0.2, 0.25) is 0 Å². The Bertz CT molecular complexity index is 1690. The highest BCUT2D eigenvalue weighted by Crippen LogP contribution is 2.31. The molecule has 3 amide bonds. The van der Waals surface area contributed by atoms with Crippen molar-refractivity contribution < 1.29 is 27.5 Å². The van der Waals surface area contributed by atoms with E-state index in [0.29, 0.717) is 36.1 Å². The molecule has 2 heterocycles. The van der Waals surface area contributed by atoms with Gasteiger partial charge in [0.25, 0.3) is 0 Å². The molecule has 0 radical (unpaired) electrons. The number of hydrogen-bond donors (Lipinski definition) is 1. The van der Waals surface area contributed by atoms with Gasteiger partial charge in [-0.2, -0.15) is 4.99 Å². The minimum Gasteiger partial charge on any atom is -0.406 e. The third kappa shape index (κ3) is 8.29. The summed E-state index contributed by atoms with van der Waals surface area (Å²) < 4.78 is 42.6. The maximum absolute atomic E-state index is 12.7. The number of anilines is 1. The summed E-state index contributed by atoms with van der Waals surface area (Å²) in [5.41, 5.74) is 5.25. The minimum atomic E-state index is -4.75. The number of aryl methyl sites for hydroxylation is 3. The van der Waals surface area contributed by atoms with Crippen molar-refractivity contribution in [3.05, 3.63) is 89.7 Å². The van der Waals surface area contributed by atoms with Crippen molar-refractivity contribution in [3.63, 3.8) is 0 Å². The van der Waals surface area contributed by atoms with Gasteiger partial charge in [0.15, 0.2) is 11.0 Å². The Morgan fingerprint density at radius 2 is 1.82 bits per heavy atom. The quantitative estimate of drug-likeness (QED) is 0.191. The highest BCUT2D eigenvalue weighted by Gasteiger charge is 2.32. The molecule has 0 saturated carbocycles. The first-order valence-electron chi connectivity index (χ1n) is 14.4. The second-order valence-electron chi connectivity index (χ2n) is 10.4. The number of aliphatic imine (C=N–C) groups is 1. The van der Waals surface area contributed by atoms with Crippen molar-refractivity contribution in [1.82, 2.24) is 20.1 Å². The molecule has 13 heteroatoms. The smallest absolute Gasteiger partial charge is 0.406 e. The molecule has 0 spiro atoms. The van der Waals surface area contributed by atoms with Crippen molar-refractivity contribution in [1.29, 1.82) is 0 Å². The van der Waals surface area contributed by atoms with Crippen LogP contribution in [0.5, 0.6) is 5.75 Å². The second-order valence-corrected chi connectivity index (χ2v) is 11.3. The average Bonchev–Trinajstić information content (AvgIpc) is 3.63. The number of aromatic nitrogens is 3. The number of nitrogens with one attached hydrogen (secondary N) is 1. The lowest BCUT2D eigenvalue weighted by Crippen LogP contribution is -2.32. The standard InChI is InChI=1S/C32H31F3N6O3S/c1-3-5-23-10-7-21(2)18-27(23)41-28(42)19-45-31(41)38-30(43)36-17-4-6-22-8-11-24(12-9-22)29-37-20-40(39-29)25-13-15-26(16-14-25)44-32(33,34)35/h7-16,18,20H,3-6,17,19H2,1-2H3,(H,36,43). The maximum Gasteiger partial charge on any atom is 0.573 e. The van der Waals surface area contributed by atoms with Crippen LogP contribution in [-0.4, -0.2) is 50.5 Å². The highest BCUT2D eigenvalue weighted by atomic mass is 32.2. The number of benzene rings is 3. The summed E-state index contributed by atoms with van der Waals surface area (Å²) in [7, 11) is 0. The highest BCUT2D eigenvalue weighted by molar-refractivity contribution is 8.15. The summed E-state index contributed by atoms with van der Waals surface area (Å²) in [5.74, 6) is 0.303. The lowest BCUT2D eigenvalue weighted by Gasteiger charge is -2.20. The third-order valence-corrected chi connectivity index (χ3v) is 7.84. The van der Waals surface area contributed by atoms with E-state index in [0.717, 1.165) is 40.8 Å². The van der Waals surface area contributed by atoms with E-state index in [-0.39, 0.29) is 17.4 Å². The molecular formula is C32H31F3N6O3S. The molecule has 1 aromatic heterocycles. The summed E-state index contributed by atoms with van der Waals surface area (Å²) in [6, 6.07) is 18.6. The number of hydrogen-bond acceptors (Lipinski definition) is 6. The van der Waals surface area contributed by atoms with Crippen LogP contribution in [0.25, 0.3) is 17.1 Å². The predicted octanol–water partition coefficient (Wildman–Crippen LogP) is 6.87. The fourth-order valence-corrected chi connectivity index (χ4v) is 5.66. The van der Waals surface area contributed by atoms with Crippen LogP contribution < -0.4 is 15.0 Å². The van der Waals surface area contributed by atoms with Gasteiger partial charge in [-0.15, -0.1) is 18.3 Å². The number of rotatable bonds is 10. The Morgan fingerprint density at radius 1 is 1.07 bits per heavy atom. The second kappa shape index (κ2) is 14.0. The molecule has 1 aliphatic rings. The molecule has 9 nitrogen and oxygen atoms in total. The molecule has 1 N–H and O–H groups in total. The first-order chi connectivity index (χ1) is 21.6. The monoisotopic (exact) mass is 636 g/mol. The summed E-state index contributed by atoms with van der Waals surface area (Å²) in [6.45, 7) is 4.47. The Balaban J connectivity index is 1.13. The molecule has 0 aliphatic carbocycles. The summed E-state index contributed by atoms with van der Waals surface area (Å²) in [5, 5.41) is 7.64. The Hall–Kier alpha value is -4.65. The third-order valence-electron chi connectivity index (χ3n) is 6.92. The SMILES string of the molecule is CCCc1ccc(C)cc1N1C(=O)CSC1=NC(=O)NCCCc1ccc(-c2ncn(-c3ccc(OC(F)(F)F)cc3)n2)cc1. The Labute approximate surface area is 262 Å². The zero-order valence-electron chi connectivity index (χ0n) is 24.7. The molecule has 4 aromatic rings. The van der Waals surface area contributed by atoms with Crippen LogP contribution >= 0.6 is 11.8 Å². The van der Waals surface area contributed by atoms with Crippen molar-refractivity contribution in [2.24, 2.45) is 4.99 Å². The van der Waals surface area contributed by atoms with Gasteiger partial charge in [-0.05, 0) is 73.2 Å². The van der Waals surface area contributed by atoms with Crippen LogP contribution in [0.4, 0.5) is 23.7 Å². The lowest BCUT2D eigenvalue weighted by molar-refractivity contribution is -0.274. The van der Waals surface area contributed by atoms with Crippen molar-refractivity contribution in [2.45, 2.75) is 45.9 Å². The number of alkyl halides is 3. The number of urea groups is 1. The number of thioether (sulfide) groups is 1. The maximum atomic E-state index is 12.7. The first kappa shape index (κ1) is 31.8. The van der Waals surface area contributed by atoms with Crippen LogP contribution in [0.1, 0.15) is 36.5 Å². The van der Waals surface area contributed by atoms with Gasteiger partial charge in [-0.25, -0.2) is 14.5 Å². The van der Waals surface area contributed by atoms with Gasteiger partial charge in [-0.1, -0.05) is 61.5 Å². The van der Waals surface area contributed by atoms with E-state index in [9.17, 15) is 22.8 Å². The molecule has 3 aromatic carbocycles. The minimum absolute atomic E-state index is 0.0893. The van der Waals surface area contributed by atoms with E-state index < -0.39 is 12.4 Å². The van der Waals surface area contributed by atoms with Crippen molar-refractivity contribution >= 4 is 34.6 Å². The predicted molar refractivity (Wildman–Crippen MR) is 168 cm³/mol. The number of nitrogens with zero attached hydrogens (tertiary/aromatic N) is 5. The number of amidine groups is 1. The molecule has 1 saturated heterocycles. The van der Waals surface area contributed by atoms with Crippen LogP contribution in [0.3, 0.4) is 0 Å². The van der Waals surface area contributed by atoms with Gasteiger partial charge in [0.1, 0.15) is 12.1 Å². The molecule has 5 rings (SSSR count). The fraction of sp³-hybridized carbons (Fsp3) is 0.281. The number of carbonyl (C=O) groups is 2. The zero-order valence-corrected chi connectivity index (χ0v) is 25.5. The average molecular weight is 637 g/mol. The van der Waals surface area contributed by atoms with E-state index >= 15 is 0 Å². The number of halogens is 3. The first-order valence-corrected chi connectivity index (χ1v) is 15.4. The topological polar surface area (TPSA) is 102 Å². The number of carbonyl (C=O) groups excluding carboxylic acids is 2. The van der Waals surface area contributed by atoms with Gasteiger partial charge in [0.05, 0.1) is 17.1 Å². The van der Waals surface area contributed by atoms with Crippen molar-refractivity contribution in [3.8, 4) is 22.8 Å². The molecule has 1 fully saturated rings. The summed E-state index contributed by atoms with van der Waals surface area (Å²) in [6.07, 6.45) is -0.102. The van der Waals surface area contributed by atoms with Crippen LogP contribution in [-0.2, 0) is 17.6 Å². The molecule has 0 atom stereocenters. The van der Waals surface area contributed by atoms with Crippen LogP contribution in [0.15, 0.2) is 78.0 Å². The van der Waals surface area contributed by atoms with E-state index in [1.807, 2.05) is 49.4 Å². The van der Waals surface area contributed by atoms with Gasteiger partial charge in [-0.3, -0.25) is 9.69 Å². The van der Waals surface area contributed by atoms with E-state index in [1.165, 1.54) is 47.0 Å². The molecule has 0 bridgehead atoms. The number of amides is 3. The fourth-order valence-electron chi connectivity index (χ4n) is 4.80. The van der Waals surface area contributed by atoms with Gasteiger partial charge < -0.3 is 10.1 Å². The summed E-state index contributed by atoms with van der Waals surface area (Å²) >= 11 is 1.26. The normalized spacial score (nSPS) is 14.3. The Morgan fingerprint density at radius 3 is 2.53 bits per heavy atom. The summed E-state index contributed by atoms with van der Waals surface area (Å²) in [4.78, 5) is 35.4. The van der Waals surface area contributed by atoms with E-state index in [4.69, 9.17) is 0 Å². The van der Waals surface area contributed by atoms with Crippen LogP contribution in [0, 0.1) is 6.92 Å². The van der Waals surface area contributed by atoms with Gasteiger partial charge >= 0.3 is 12.4 Å². The van der Waals surface area contributed by atoms with E-state index in [1.54, 1.807) is 4.90 Å². The molecular weight excluding hydrogens is 605 g/mol. The van der Waals surface area contributed by atoms with Gasteiger partial charge in [0, 0.05) is 12.1 Å². The van der Waals surface area contributed by atoms with Gasteiger partial charge in [0.2, 0.25) is 5.91 Å². The molecule has 45 heavy (non-hydrogen) atoms. The zero-order chi connectivity index (χ0) is 32.0. The molecule has 0 unspecified atom stereocenters. The van der Waals surface area contributed by atoms with Crippen molar-refractivity contribution in [2.75, 3.05) is 17.2 Å². The molecule has 234 valence electrons. The lowest BCUT2D eigenvalue weighted by atomic mass is 10.0. The number of ether oxygens (including phenoxy) is 1.